The van der Waals surface area contributed by atoms with E-state index in [-0.39, 0.29) is 47.5 Å². The SMILES string of the molecule is Nc1ccc(-c2cc(=O)c3c(NCCCC(=O)O)c(F)cc(F)c3o2)cc1F. The molecule has 0 bridgehead atoms. The Morgan fingerprint density at radius 1 is 1.11 bits per heavy atom. The van der Waals surface area contributed by atoms with Crippen LogP contribution in [-0.4, -0.2) is 17.6 Å². The summed E-state index contributed by atoms with van der Waals surface area (Å²) >= 11 is 0. The van der Waals surface area contributed by atoms with Gasteiger partial charge < -0.3 is 20.6 Å². The number of anilines is 2. The summed E-state index contributed by atoms with van der Waals surface area (Å²) < 4.78 is 47.6. The van der Waals surface area contributed by atoms with Gasteiger partial charge in [-0.1, -0.05) is 0 Å². The number of carboxylic acids is 1. The number of nitrogen functional groups attached to an aromatic ring is 1. The molecule has 0 radical (unpaired) electrons. The van der Waals surface area contributed by atoms with Gasteiger partial charge >= 0.3 is 5.97 Å². The number of aliphatic carboxylic acids is 1. The van der Waals surface area contributed by atoms with Gasteiger partial charge in [-0.2, -0.15) is 0 Å². The first-order chi connectivity index (χ1) is 13.3. The van der Waals surface area contributed by atoms with Crippen molar-refractivity contribution < 1.29 is 27.5 Å². The Balaban J connectivity index is 2.08. The van der Waals surface area contributed by atoms with Crippen LogP contribution in [-0.2, 0) is 4.79 Å². The molecule has 0 aliphatic rings. The average Bonchev–Trinajstić information content (AvgIpc) is 2.63. The molecular formula is C19H15F3N2O4. The highest BCUT2D eigenvalue weighted by Crippen LogP contribution is 2.31. The van der Waals surface area contributed by atoms with Gasteiger partial charge in [-0.25, -0.2) is 13.2 Å². The smallest absolute Gasteiger partial charge is 0.303 e. The molecule has 1 aromatic heterocycles. The van der Waals surface area contributed by atoms with E-state index in [0.29, 0.717) is 6.07 Å². The quantitative estimate of drug-likeness (QED) is 0.436. The number of hydrogen-bond donors (Lipinski definition) is 3. The number of carboxylic acid groups (broad SMARTS) is 1. The first kappa shape index (κ1) is 19.3. The molecule has 4 N–H and O–H groups in total. The summed E-state index contributed by atoms with van der Waals surface area (Å²) in [5.41, 5.74) is 3.94. The summed E-state index contributed by atoms with van der Waals surface area (Å²) in [5.74, 6) is -3.98. The lowest BCUT2D eigenvalue weighted by atomic mass is 10.1. The molecule has 2 aromatic carbocycles. The van der Waals surface area contributed by atoms with Crippen LogP contribution >= 0.6 is 0 Å². The van der Waals surface area contributed by atoms with Crippen LogP contribution in [0.1, 0.15) is 12.8 Å². The van der Waals surface area contributed by atoms with Gasteiger partial charge in [0.1, 0.15) is 17.4 Å². The fraction of sp³-hybridized carbons (Fsp3) is 0.158. The topological polar surface area (TPSA) is 106 Å². The molecule has 28 heavy (non-hydrogen) atoms. The van der Waals surface area contributed by atoms with Crippen LogP contribution in [0.15, 0.2) is 39.5 Å². The number of benzene rings is 2. The minimum Gasteiger partial charge on any atom is -0.481 e. The van der Waals surface area contributed by atoms with E-state index in [1.54, 1.807) is 0 Å². The van der Waals surface area contributed by atoms with Crippen molar-refractivity contribution in [1.29, 1.82) is 0 Å². The van der Waals surface area contributed by atoms with E-state index in [1.807, 2.05) is 0 Å². The highest BCUT2D eigenvalue weighted by Gasteiger charge is 2.19. The Morgan fingerprint density at radius 3 is 2.54 bits per heavy atom. The van der Waals surface area contributed by atoms with E-state index in [9.17, 15) is 22.8 Å². The molecule has 0 amide bonds. The number of nitrogens with two attached hydrogens (primary N) is 1. The van der Waals surface area contributed by atoms with E-state index in [1.165, 1.54) is 12.1 Å². The highest BCUT2D eigenvalue weighted by atomic mass is 19.1. The first-order valence-corrected chi connectivity index (χ1v) is 8.25. The molecule has 3 aromatic rings. The lowest BCUT2D eigenvalue weighted by molar-refractivity contribution is -0.137. The molecule has 0 unspecified atom stereocenters. The normalized spacial score (nSPS) is 11.0. The standard InChI is InChI=1S/C19H15F3N2O4/c20-10-6-9(3-4-13(10)23)15-8-14(25)17-18(24-5-1-2-16(26)27)11(21)7-12(22)19(17)28-15/h3-4,6-8,24H,1-2,5,23H2,(H,26,27). The maximum absolute atomic E-state index is 14.3. The van der Waals surface area contributed by atoms with Crippen molar-refractivity contribution in [3.05, 3.63) is 58.0 Å². The van der Waals surface area contributed by atoms with Gasteiger partial charge in [0.15, 0.2) is 16.8 Å². The number of halogens is 3. The molecule has 9 heteroatoms. The highest BCUT2D eigenvalue weighted by molar-refractivity contribution is 5.91. The zero-order valence-corrected chi connectivity index (χ0v) is 14.4. The molecule has 0 aliphatic carbocycles. The van der Waals surface area contributed by atoms with Crippen LogP contribution in [0.5, 0.6) is 0 Å². The Hall–Kier alpha value is -3.49. The van der Waals surface area contributed by atoms with E-state index in [4.69, 9.17) is 15.3 Å². The van der Waals surface area contributed by atoms with Crippen LogP contribution in [0.25, 0.3) is 22.3 Å². The van der Waals surface area contributed by atoms with Crippen LogP contribution < -0.4 is 16.5 Å². The van der Waals surface area contributed by atoms with Gasteiger partial charge in [0.05, 0.1) is 16.8 Å². The van der Waals surface area contributed by atoms with Crippen LogP contribution in [0, 0.1) is 17.5 Å². The lowest BCUT2D eigenvalue weighted by Gasteiger charge is -2.11. The zero-order chi connectivity index (χ0) is 20.4. The number of hydrogen-bond acceptors (Lipinski definition) is 5. The molecule has 1 heterocycles. The number of carbonyl (C=O) groups is 1. The second kappa shape index (κ2) is 7.63. The summed E-state index contributed by atoms with van der Waals surface area (Å²) in [6, 6.07) is 5.25. The van der Waals surface area contributed by atoms with Crippen molar-refractivity contribution in [3.8, 4) is 11.3 Å². The van der Waals surface area contributed by atoms with Gasteiger partial charge in [0, 0.05) is 30.7 Å². The number of fused-ring (bicyclic) bond motifs is 1. The Morgan fingerprint density at radius 2 is 1.86 bits per heavy atom. The van der Waals surface area contributed by atoms with Crippen molar-refractivity contribution in [2.45, 2.75) is 12.8 Å². The maximum Gasteiger partial charge on any atom is 0.303 e. The van der Waals surface area contributed by atoms with Crippen LogP contribution in [0.4, 0.5) is 24.5 Å². The van der Waals surface area contributed by atoms with E-state index in [0.717, 1.165) is 12.1 Å². The molecule has 146 valence electrons. The first-order valence-electron chi connectivity index (χ1n) is 8.25. The van der Waals surface area contributed by atoms with Crippen molar-refractivity contribution in [2.75, 3.05) is 17.6 Å². The average molecular weight is 392 g/mol. The fourth-order valence-corrected chi connectivity index (χ4v) is 2.72. The van der Waals surface area contributed by atoms with Crippen LogP contribution in [0.2, 0.25) is 0 Å². The lowest BCUT2D eigenvalue weighted by Crippen LogP contribution is -2.11. The Kier molecular flexibility index (Phi) is 5.25. The summed E-state index contributed by atoms with van der Waals surface area (Å²) in [7, 11) is 0. The molecule has 0 aliphatic heterocycles. The minimum absolute atomic E-state index is 0.0499. The van der Waals surface area contributed by atoms with E-state index in [2.05, 4.69) is 5.32 Å². The molecule has 0 spiro atoms. The number of rotatable bonds is 6. The van der Waals surface area contributed by atoms with Gasteiger partial charge in [-0.05, 0) is 24.6 Å². The predicted octanol–water partition coefficient (Wildman–Crippen LogP) is 3.74. The summed E-state index contributed by atoms with van der Waals surface area (Å²) in [6.45, 7) is 0.0499. The summed E-state index contributed by atoms with van der Waals surface area (Å²) in [5, 5.41) is 10.9. The summed E-state index contributed by atoms with van der Waals surface area (Å²) in [6.07, 6.45) is 0.0109. The van der Waals surface area contributed by atoms with Crippen LogP contribution in [0.3, 0.4) is 0 Å². The molecule has 0 atom stereocenters. The van der Waals surface area contributed by atoms with Crippen molar-refractivity contribution in [1.82, 2.24) is 0 Å². The van der Waals surface area contributed by atoms with E-state index < -0.39 is 34.4 Å². The van der Waals surface area contributed by atoms with Crippen molar-refractivity contribution in [3.63, 3.8) is 0 Å². The molecule has 0 fully saturated rings. The second-order valence-corrected chi connectivity index (χ2v) is 6.05. The predicted molar refractivity (Wildman–Crippen MR) is 97.6 cm³/mol. The Labute approximate surface area is 156 Å². The monoisotopic (exact) mass is 392 g/mol. The maximum atomic E-state index is 14.3. The van der Waals surface area contributed by atoms with Gasteiger partial charge in [-0.15, -0.1) is 0 Å². The number of nitrogens with one attached hydrogen (secondary N) is 1. The Bertz CT molecular complexity index is 1130. The third-order valence-corrected chi connectivity index (χ3v) is 4.06. The fourth-order valence-electron chi connectivity index (χ4n) is 2.72. The summed E-state index contributed by atoms with van der Waals surface area (Å²) in [4.78, 5) is 23.1. The third kappa shape index (κ3) is 3.78. The van der Waals surface area contributed by atoms with Gasteiger partial charge in [-0.3, -0.25) is 9.59 Å². The van der Waals surface area contributed by atoms with Gasteiger partial charge in [0.2, 0.25) is 0 Å². The molecule has 0 saturated carbocycles. The zero-order valence-electron chi connectivity index (χ0n) is 14.4. The van der Waals surface area contributed by atoms with Crippen molar-refractivity contribution in [2.24, 2.45) is 0 Å². The van der Waals surface area contributed by atoms with Gasteiger partial charge in [0.25, 0.3) is 0 Å². The molecular weight excluding hydrogens is 377 g/mol. The van der Waals surface area contributed by atoms with E-state index >= 15 is 0 Å². The largest absolute Gasteiger partial charge is 0.481 e. The van der Waals surface area contributed by atoms with Crippen molar-refractivity contribution >= 4 is 28.3 Å². The minimum atomic E-state index is -1.10. The molecule has 3 rings (SSSR count). The third-order valence-electron chi connectivity index (χ3n) is 4.06. The molecule has 6 nitrogen and oxygen atoms in total. The molecule has 0 saturated heterocycles. The second-order valence-electron chi connectivity index (χ2n) is 6.05.